The van der Waals surface area contributed by atoms with Gasteiger partial charge in [-0.1, -0.05) is 30.0 Å². The van der Waals surface area contributed by atoms with E-state index in [0.717, 1.165) is 34.4 Å². The molecule has 1 aliphatic rings. The first kappa shape index (κ1) is 13.3. The van der Waals surface area contributed by atoms with Gasteiger partial charge >= 0.3 is 0 Å². The molecule has 0 bridgehead atoms. The Bertz CT molecular complexity index is 658. The van der Waals surface area contributed by atoms with Gasteiger partial charge in [0.15, 0.2) is 5.16 Å². The molecular weight excluding hydrogens is 268 g/mol. The van der Waals surface area contributed by atoms with Crippen LogP contribution in [0.25, 0.3) is 17.5 Å². The second-order valence-electron chi connectivity index (χ2n) is 5.22. The topological polar surface area (TPSA) is 47.1 Å². The fraction of sp³-hybridized carbons (Fsp3) is 0.267. The van der Waals surface area contributed by atoms with Crippen molar-refractivity contribution in [1.29, 1.82) is 0 Å². The van der Waals surface area contributed by atoms with Crippen LogP contribution in [0.15, 0.2) is 41.2 Å². The van der Waals surface area contributed by atoms with E-state index in [-0.39, 0.29) is 0 Å². The molecule has 1 aliphatic heterocycles. The molecule has 104 valence electrons. The molecule has 0 fully saturated rings. The van der Waals surface area contributed by atoms with E-state index in [1.807, 2.05) is 24.3 Å². The van der Waals surface area contributed by atoms with Gasteiger partial charge in [0.05, 0.1) is 5.69 Å². The first-order chi connectivity index (χ1) is 9.63. The molecule has 0 saturated heterocycles. The third-order valence-corrected chi connectivity index (χ3v) is 4.24. The second kappa shape index (κ2) is 5.34. The van der Waals surface area contributed by atoms with E-state index in [2.05, 4.69) is 40.9 Å². The van der Waals surface area contributed by atoms with Crippen molar-refractivity contribution in [3.05, 3.63) is 36.0 Å². The van der Waals surface area contributed by atoms with Gasteiger partial charge < -0.3 is 15.2 Å². The normalized spacial score (nSPS) is 14.2. The third-order valence-electron chi connectivity index (χ3n) is 3.16. The molecule has 1 aromatic heterocycles. The predicted molar refractivity (Wildman–Crippen MR) is 85.6 cm³/mol. The molecule has 0 atom stereocenters. The monoisotopic (exact) mass is 286 g/mol. The van der Waals surface area contributed by atoms with Gasteiger partial charge in [-0.05, 0) is 25.7 Å². The molecule has 3 rings (SSSR count). The van der Waals surface area contributed by atoms with Crippen LogP contribution in [0.1, 0.15) is 0 Å². The Hall–Kier alpha value is -1.72. The summed E-state index contributed by atoms with van der Waals surface area (Å²) in [5.41, 5.74) is 10.1. The lowest BCUT2D eigenvalue weighted by Crippen LogP contribution is -2.18. The number of nitrogens with two attached hydrogens (primary N) is 1. The Balaban J connectivity index is 1.95. The number of rotatable bonds is 3. The van der Waals surface area contributed by atoms with Crippen LogP contribution in [0, 0.1) is 0 Å². The van der Waals surface area contributed by atoms with Crippen LogP contribution < -0.4 is 5.73 Å². The zero-order valence-corrected chi connectivity index (χ0v) is 12.5. The van der Waals surface area contributed by atoms with Gasteiger partial charge in [0.2, 0.25) is 0 Å². The van der Waals surface area contributed by atoms with Gasteiger partial charge in [0.25, 0.3) is 0 Å². The fourth-order valence-corrected chi connectivity index (χ4v) is 3.22. The number of para-hydroxylation sites is 1. The van der Waals surface area contributed by atoms with Gasteiger partial charge in [0, 0.05) is 35.9 Å². The van der Waals surface area contributed by atoms with Crippen molar-refractivity contribution in [2.45, 2.75) is 5.16 Å². The quantitative estimate of drug-likeness (QED) is 0.881. The number of thioether (sulfide) groups is 1. The highest BCUT2D eigenvalue weighted by Gasteiger charge is 2.16. The SMILES string of the molecule is CN(C)CC1=Cn2cc(-c3ccccc3N)nc2SC1. The summed E-state index contributed by atoms with van der Waals surface area (Å²) in [7, 11) is 4.18. The molecule has 5 heteroatoms. The summed E-state index contributed by atoms with van der Waals surface area (Å²) >= 11 is 1.78. The molecule has 20 heavy (non-hydrogen) atoms. The van der Waals surface area contributed by atoms with Gasteiger partial charge in [-0.3, -0.25) is 0 Å². The van der Waals surface area contributed by atoms with Gasteiger partial charge in [-0.15, -0.1) is 0 Å². The Morgan fingerprint density at radius 1 is 1.35 bits per heavy atom. The number of nitrogens with zero attached hydrogens (tertiary/aromatic N) is 3. The summed E-state index contributed by atoms with van der Waals surface area (Å²) in [5.74, 6) is 0.999. The summed E-state index contributed by atoms with van der Waals surface area (Å²) in [6.45, 7) is 0.980. The molecule has 2 aromatic rings. The molecule has 0 saturated carbocycles. The molecule has 0 spiro atoms. The average Bonchev–Trinajstić information content (AvgIpc) is 2.81. The highest BCUT2D eigenvalue weighted by Crippen LogP contribution is 2.31. The summed E-state index contributed by atoms with van der Waals surface area (Å²) in [6, 6.07) is 7.86. The minimum atomic E-state index is 0.769. The Morgan fingerprint density at radius 2 is 2.15 bits per heavy atom. The molecule has 0 radical (unpaired) electrons. The van der Waals surface area contributed by atoms with Gasteiger partial charge in [-0.2, -0.15) is 0 Å². The van der Waals surface area contributed by atoms with Crippen LogP contribution in [-0.2, 0) is 0 Å². The second-order valence-corrected chi connectivity index (χ2v) is 6.16. The molecule has 2 heterocycles. The summed E-state index contributed by atoms with van der Waals surface area (Å²) in [6.07, 6.45) is 4.24. The van der Waals surface area contributed by atoms with E-state index in [1.54, 1.807) is 11.8 Å². The first-order valence-corrected chi connectivity index (χ1v) is 7.53. The lowest BCUT2D eigenvalue weighted by Gasteiger charge is -2.17. The van der Waals surface area contributed by atoms with Crippen LogP contribution >= 0.6 is 11.8 Å². The minimum absolute atomic E-state index is 0.769. The van der Waals surface area contributed by atoms with Crippen LogP contribution in [0.2, 0.25) is 0 Å². The smallest absolute Gasteiger partial charge is 0.173 e. The number of nitrogen functional groups attached to an aromatic ring is 1. The van der Waals surface area contributed by atoms with E-state index >= 15 is 0 Å². The maximum Gasteiger partial charge on any atom is 0.173 e. The maximum atomic E-state index is 6.03. The van der Waals surface area contributed by atoms with E-state index in [1.165, 1.54) is 5.57 Å². The van der Waals surface area contributed by atoms with E-state index in [0.29, 0.717) is 0 Å². The zero-order valence-electron chi connectivity index (χ0n) is 11.7. The standard InChI is InChI=1S/C15H18N4S/c1-18(2)7-11-8-19-9-14(17-15(19)20-10-11)12-5-3-4-6-13(12)16/h3-6,8-9H,7,10,16H2,1-2H3. The molecule has 0 aliphatic carbocycles. The lowest BCUT2D eigenvalue weighted by molar-refractivity contribution is 0.446. The maximum absolute atomic E-state index is 6.03. The van der Waals surface area contributed by atoms with Crippen molar-refractivity contribution in [2.24, 2.45) is 0 Å². The average molecular weight is 286 g/mol. The summed E-state index contributed by atoms with van der Waals surface area (Å²) < 4.78 is 2.11. The van der Waals surface area contributed by atoms with Crippen molar-refractivity contribution in [1.82, 2.24) is 14.5 Å². The number of hydrogen-bond acceptors (Lipinski definition) is 4. The van der Waals surface area contributed by atoms with Crippen molar-refractivity contribution >= 4 is 23.6 Å². The number of anilines is 1. The van der Waals surface area contributed by atoms with Crippen LogP contribution in [0.4, 0.5) is 5.69 Å². The summed E-state index contributed by atoms with van der Waals surface area (Å²) in [5, 5.41) is 1.03. The van der Waals surface area contributed by atoms with E-state index in [9.17, 15) is 0 Å². The largest absolute Gasteiger partial charge is 0.398 e. The molecular formula is C15H18N4S. The Kier molecular flexibility index (Phi) is 3.54. The summed E-state index contributed by atoms with van der Waals surface area (Å²) in [4.78, 5) is 6.87. The number of fused-ring (bicyclic) bond motifs is 1. The van der Waals surface area contributed by atoms with Gasteiger partial charge in [-0.25, -0.2) is 4.98 Å². The number of aromatic nitrogens is 2. The Labute approximate surface area is 123 Å². The van der Waals surface area contributed by atoms with Crippen LogP contribution in [0.3, 0.4) is 0 Å². The Morgan fingerprint density at radius 3 is 2.90 bits per heavy atom. The molecule has 0 amide bonds. The molecule has 0 unspecified atom stereocenters. The van der Waals surface area contributed by atoms with Gasteiger partial charge in [0.1, 0.15) is 0 Å². The molecule has 1 aromatic carbocycles. The number of imidazole rings is 1. The third kappa shape index (κ3) is 2.59. The van der Waals surface area contributed by atoms with Crippen molar-refractivity contribution < 1.29 is 0 Å². The predicted octanol–water partition coefficient (Wildman–Crippen LogP) is 2.64. The van der Waals surface area contributed by atoms with Crippen LogP contribution in [0.5, 0.6) is 0 Å². The minimum Gasteiger partial charge on any atom is -0.398 e. The fourth-order valence-electron chi connectivity index (χ4n) is 2.32. The van der Waals surface area contributed by atoms with Crippen LogP contribution in [-0.4, -0.2) is 40.8 Å². The zero-order chi connectivity index (χ0) is 14.1. The molecule has 4 nitrogen and oxygen atoms in total. The molecule has 2 N–H and O–H groups in total. The first-order valence-electron chi connectivity index (χ1n) is 6.54. The van der Waals surface area contributed by atoms with Crippen molar-refractivity contribution in [3.8, 4) is 11.3 Å². The number of benzene rings is 1. The van der Waals surface area contributed by atoms with E-state index < -0.39 is 0 Å². The highest BCUT2D eigenvalue weighted by molar-refractivity contribution is 7.99. The van der Waals surface area contributed by atoms with Crippen molar-refractivity contribution in [2.75, 3.05) is 32.1 Å². The number of hydrogen-bond donors (Lipinski definition) is 1. The van der Waals surface area contributed by atoms with E-state index in [4.69, 9.17) is 5.73 Å². The van der Waals surface area contributed by atoms with Crippen molar-refractivity contribution in [3.63, 3.8) is 0 Å². The number of likely N-dealkylation sites (N-methyl/N-ethyl adjacent to an activating group) is 1. The lowest BCUT2D eigenvalue weighted by atomic mass is 10.1. The highest BCUT2D eigenvalue weighted by atomic mass is 32.2.